The molecule has 1 heterocycles. The molecule has 0 fully saturated rings. The molecule has 0 aliphatic heterocycles. The van der Waals surface area contributed by atoms with Gasteiger partial charge in [0.05, 0.1) is 12.3 Å². The Kier molecular flexibility index (Phi) is 6.05. The maximum Gasteiger partial charge on any atom is 0.315 e. The van der Waals surface area contributed by atoms with Crippen molar-refractivity contribution in [2.75, 3.05) is 13.1 Å². The van der Waals surface area contributed by atoms with Crippen LogP contribution in [-0.2, 0) is 0 Å². The molecule has 122 valence electrons. The summed E-state index contributed by atoms with van der Waals surface area (Å²) in [5, 5.41) is 8.69. The molecule has 0 aliphatic rings. The molecule has 2 rings (SSSR count). The lowest BCUT2D eigenvalue weighted by Crippen LogP contribution is -2.41. The van der Waals surface area contributed by atoms with Crippen molar-refractivity contribution in [3.8, 4) is 0 Å². The molecule has 1 unspecified atom stereocenters. The van der Waals surface area contributed by atoms with Gasteiger partial charge in [0.25, 0.3) is 5.91 Å². The Bertz CT molecular complexity index is 658. The zero-order valence-corrected chi connectivity index (χ0v) is 13.4. The summed E-state index contributed by atoms with van der Waals surface area (Å²) in [7, 11) is 0. The molecule has 1 aromatic heterocycles. The van der Waals surface area contributed by atoms with Gasteiger partial charge < -0.3 is 20.4 Å². The molecule has 1 aromatic carbocycles. The Morgan fingerprint density at radius 3 is 2.57 bits per heavy atom. The van der Waals surface area contributed by atoms with Gasteiger partial charge in [-0.25, -0.2) is 4.79 Å². The summed E-state index contributed by atoms with van der Waals surface area (Å²) in [5.41, 5.74) is 0.843. The third-order valence-electron chi connectivity index (χ3n) is 3.16. The number of hydrogen-bond acceptors (Lipinski definition) is 3. The zero-order valence-electron chi connectivity index (χ0n) is 12.6. The number of carbonyl (C=O) groups excluding carboxylic acids is 2. The highest BCUT2D eigenvalue weighted by atomic mass is 35.5. The van der Waals surface area contributed by atoms with Crippen molar-refractivity contribution in [2.45, 2.75) is 13.0 Å². The van der Waals surface area contributed by atoms with Crippen LogP contribution in [0, 0.1) is 0 Å². The number of halogens is 1. The summed E-state index contributed by atoms with van der Waals surface area (Å²) in [4.78, 5) is 23.4. The van der Waals surface area contributed by atoms with Gasteiger partial charge in [-0.1, -0.05) is 29.8 Å². The Morgan fingerprint density at radius 1 is 1.13 bits per heavy atom. The van der Waals surface area contributed by atoms with Crippen LogP contribution in [0.4, 0.5) is 4.79 Å². The number of urea groups is 1. The maximum absolute atomic E-state index is 11.8. The molecule has 0 saturated carbocycles. The second-order valence-corrected chi connectivity index (χ2v) is 5.28. The van der Waals surface area contributed by atoms with Crippen molar-refractivity contribution in [3.63, 3.8) is 0 Å². The monoisotopic (exact) mass is 335 g/mol. The molecular weight excluding hydrogens is 318 g/mol. The SMILES string of the molecule is CC(NC(=O)NCCNC(=O)c1ccco1)c1ccccc1Cl. The van der Waals surface area contributed by atoms with E-state index in [2.05, 4.69) is 16.0 Å². The topological polar surface area (TPSA) is 83.4 Å². The molecule has 3 amide bonds. The first-order valence-corrected chi connectivity index (χ1v) is 7.56. The van der Waals surface area contributed by atoms with Crippen LogP contribution in [0.3, 0.4) is 0 Å². The zero-order chi connectivity index (χ0) is 16.7. The molecule has 0 aliphatic carbocycles. The fourth-order valence-electron chi connectivity index (χ4n) is 2.00. The third-order valence-corrected chi connectivity index (χ3v) is 3.50. The van der Waals surface area contributed by atoms with E-state index in [9.17, 15) is 9.59 Å². The molecule has 23 heavy (non-hydrogen) atoms. The van der Waals surface area contributed by atoms with E-state index in [0.29, 0.717) is 18.1 Å². The van der Waals surface area contributed by atoms with Gasteiger partial charge in [0.15, 0.2) is 5.76 Å². The Hall–Kier alpha value is -2.47. The van der Waals surface area contributed by atoms with Crippen LogP contribution < -0.4 is 16.0 Å². The molecular formula is C16H18ClN3O3. The van der Waals surface area contributed by atoms with Crippen LogP contribution in [0.25, 0.3) is 0 Å². The Labute approximate surface area is 139 Å². The molecule has 6 nitrogen and oxygen atoms in total. The highest BCUT2D eigenvalue weighted by Crippen LogP contribution is 2.21. The fourth-order valence-corrected chi connectivity index (χ4v) is 2.30. The minimum absolute atomic E-state index is 0.221. The van der Waals surface area contributed by atoms with Gasteiger partial charge in [-0.05, 0) is 30.7 Å². The van der Waals surface area contributed by atoms with E-state index >= 15 is 0 Å². The van der Waals surface area contributed by atoms with Gasteiger partial charge in [-0.3, -0.25) is 4.79 Å². The lowest BCUT2D eigenvalue weighted by Gasteiger charge is -2.16. The lowest BCUT2D eigenvalue weighted by molar-refractivity contribution is 0.0926. The maximum atomic E-state index is 11.8. The Balaban J connectivity index is 1.69. The van der Waals surface area contributed by atoms with Crippen LogP contribution in [0.2, 0.25) is 5.02 Å². The van der Waals surface area contributed by atoms with E-state index < -0.39 is 0 Å². The van der Waals surface area contributed by atoms with E-state index in [-0.39, 0.29) is 23.7 Å². The predicted molar refractivity (Wildman–Crippen MR) is 87.4 cm³/mol. The highest BCUT2D eigenvalue weighted by Gasteiger charge is 2.12. The smallest absolute Gasteiger partial charge is 0.315 e. The number of carbonyl (C=O) groups is 2. The van der Waals surface area contributed by atoms with Crippen LogP contribution in [0.5, 0.6) is 0 Å². The number of benzene rings is 1. The molecule has 0 saturated heterocycles. The molecule has 7 heteroatoms. The summed E-state index contributed by atoms with van der Waals surface area (Å²) >= 11 is 6.08. The summed E-state index contributed by atoms with van der Waals surface area (Å²) in [6.45, 7) is 2.44. The van der Waals surface area contributed by atoms with E-state index in [0.717, 1.165) is 5.56 Å². The van der Waals surface area contributed by atoms with Crippen molar-refractivity contribution < 1.29 is 14.0 Å². The van der Waals surface area contributed by atoms with Crippen LogP contribution in [-0.4, -0.2) is 25.0 Å². The number of amides is 3. The molecule has 3 N–H and O–H groups in total. The van der Waals surface area contributed by atoms with E-state index in [4.69, 9.17) is 16.0 Å². The van der Waals surface area contributed by atoms with Gasteiger partial charge in [0.1, 0.15) is 0 Å². The summed E-state index contributed by atoms with van der Waals surface area (Å²) in [6, 6.07) is 9.99. The average molecular weight is 336 g/mol. The standard InChI is InChI=1S/C16H18ClN3O3/c1-11(12-5-2-3-6-13(12)17)20-16(22)19-9-8-18-15(21)14-7-4-10-23-14/h2-7,10-11H,8-9H2,1H3,(H,18,21)(H2,19,20,22). The lowest BCUT2D eigenvalue weighted by atomic mass is 10.1. The first-order valence-electron chi connectivity index (χ1n) is 7.18. The van der Waals surface area contributed by atoms with Crippen molar-refractivity contribution in [3.05, 3.63) is 59.0 Å². The minimum Gasteiger partial charge on any atom is -0.459 e. The molecule has 0 spiro atoms. The molecule has 0 bridgehead atoms. The highest BCUT2D eigenvalue weighted by molar-refractivity contribution is 6.31. The van der Waals surface area contributed by atoms with E-state index in [1.807, 2.05) is 25.1 Å². The molecule has 2 aromatic rings. The van der Waals surface area contributed by atoms with Crippen molar-refractivity contribution in [1.82, 2.24) is 16.0 Å². The van der Waals surface area contributed by atoms with Gasteiger partial charge in [0, 0.05) is 18.1 Å². The van der Waals surface area contributed by atoms with Crippen LogP contribution in [0.1, 0.15) is 29.1 Å². The molecule has 1 atom stereocenters. The van der Waals surface area contributed by atoms with Gasteiger partial charge in [-0.15, -0.1) is 0 Å². The predicted octanol–water partition coefficient (Wildman–Crippen LogP) is 2.72. The number of rotatable bonds is 6. The van der Waals surface area contributed by atoms with Crippen LogP contribution >= 0.6 is 11.6 Å². The first-order chi connectivity index (χ1) is 11.1. The summed E-state index contributed by atoms with van der Waals surface area (Å²) in [6.07, 6.45) is 1.43. The number of nitrogens with one attached hydrogen (secondary N) is 3. The third kappa shape index (κ3) is 5.03. The van der Waals surface area contributed by atoms with Crippen molar-refractivity contribution in [2.24, 2.45) is 0 Å². The largest absolute Gasteiger partial charge is 0.459 e. The van der Waals surface area contributed by atoms with Crippen molar-refractivity contribution >= 4 is 23.5 Å². The van der Waals surface area contributed by atoms with Crippen LogP contribution in [0.15, 0.2) is 47.1 Å². The van der Waals surface area contributed by atoms with Gasteiger partial charge in [-0.2, -0.15) is 0 Å². The second kappa shape index (κ2) is 8.24. The summed E-state index contributed by atoms with van der Waals surface area (Å²) < 4.78 is 4.96. The average Bonchev–Trinajstić information content (AvgIpc) is 3.06. The normalized spacial score (nSPS) is 11.6. The number of hydrogen-bond donors (Lipinski definition) is 3. The van der Waals surface area contributed by atoms with Crippen molar-refractivity contribution in [1.29, 1.82) is 0 Å². The number of furan rings is 1. The van der Waals surface area contributed by atoms with Gasteiger partial charge >= 0.3 is 6.03 Å². The minimum atomic E-state index is -0.329. The molecule has 0 radical (unpaired) electrons. The quantitative estimate of drug-likeness (QED) is 0.710. The Morgan fingerprint density at radius 2 is 1.87 bits per heavy atom. The second-order valence-electron chi connectivity index (χ2n) is 4.88. The summed E-state index contributed by atoms with van der Waals surface area (Å²) in [5.74, 6) is -0.0802. The first kappa shape index (κ1) is 16.9. The van der Waals surface area contributed by atoms with Gasteiger partial charge in [0.2, 0.25) is 0 Å². The van der Waals surface area contributed by atoms with E-state index in [1.54, 1.807) is 18.2 Å². The fraction of sp³-hybridized carbons (Fsp3) is 0.250. The van der Waals surface area contributed by atoms with E-state index in [1.165, 1.54) is 6.26 Å².